The second-order valence-electron chi connectivity index (χ2n) is 3.44. The van der Waals surface area contributed by atoms with Gasteiger partial charge in [0, 0.05) is 9.64 Å². The molecule has 4 nitrogen and oxygen atoms in total. The number of rotatable bonds is 4. The van der Waals surface area contributed by atoms with E-state index >= 15 is 0 Å². The molecule has 0 atom stereocenters. The summed E-state index contributed by atoms with van der Waals surface area (Å²) in [5.74, 6) is 0.634. The third-order valence-corrected chi connectivity index (χ3v) is 3.74. The zero-order valence-corrected chi connectivity index (χ0v) is 13.4. The number of hydrogen-bond donors (Lipinski definition) is 0. The molecule has 0 radical (unpaired) electrons. The van der Waals surface area contributed by atoms with Crippen LogP contribution in [-0.4, -0.2) is 23.5 Å². The van der Waals surface area contributed by atoms with E-state index < -0.39 is 6.61 Å². The summed E-state index contributed by atoms with van der Waals surface area (Å²) in [7, 11) is 1.55. The molecule has 1 aromatic heterocycles. The summed E-state index contributed by atoms with van der Waals surface area (Å²) in [4.78, 5) is 0. The Labute approximate surface area is 130 Å². The summed E-state index contributed by atoms with van der Waals surface area (Å²) in [5, 5.41) is 3.99. The lowest BCUT2D eigenvalue weighted by Gasteiger charge is -2.09. The van der Waals surface area contributed by atoms with Gasteiger partial charge in [-0.15, -0.1) is 0 Å². The molecule has 0 amide bonds. The van der Waals surface area contributed by atoms with Gasteiger partial charge in [-0.05, 0) is 44.6 Å². The van der Waals surface area contributed by atoms with Gasteiger partial charge >= 0.3 is 6.61 Å². The van der Waals surface area contributed by atoms with E-state index in [0.29, 0.717) is 11.4 Å². The smallest absolute Gasteiger partial charge is 0.387 e. The number of ether oxygens (including phenoxy) is 2. The van der Waals surface area contributed by atoms with E-state index in [1.54, 1.807) is 13.2 Å². The van der Waals surface area contributed by atoms with Crippen molar-refractivity contribution in [3.05, 3.63) is 32.6 Å². The van der Waals surface area contributed by atoms with Crippen LogP contribution in [-0.2, 0) is 0 Å². The molecular weight excluding hydrogens is 437 g/mol. The van der Waals surface area contributed by atoms with Crippen molar-refractivity contribution < 1.29 is 18.3 Å². The molecule has 0 saturated heterocycles. The summed E-state index contributed by atoms with van der Waals surface area (Å²) >= 11 is 5.49. The second-order valence-corrected chi connectivity index (χ2v) is 5.45. The molecule has 1 aromatic carbocycles. The van der Waals surface area contributed by atoms with E-state index in [-0.39, 0.29) is 5.75 Å². The van der Waals surface area contributed by atoms with Gasteiger partial charge in [0.25, 0.3) is 0 Å². The van der Waals surface area contributed by atoms with E-state index in [0.717, 1.165) is 8.04 Å². The Balaban J connectivity index is 2.38. The molecule has 0 aliphatic carbocycles. The first-order valence-corrected chi connectivity index (χ1v) is 6.91. The fourth-order valence-electron chi connectivity index (χ4n) is 1.45. The lowest BCUT2D eigenvalue weighted by Crippen LogP contribution is -2.01. The van der Waals surface area contributed by atoms with Crippen LogP contribution < -0.4 is 9.47 Å². The Morgan fingerprint density at radius 3 is 2.79 bits per heavy atom. The van der Waals surface area contributed by atoms with Crippen LogP contribution in [0.25, 0.3) is 5.69 Å². The van der Waals surface area contributed by atoms with Crippen LogP contribution in [0.1, 0.15) is 0 Å². The van der Waals surface area contributed by atoms with Gasteiger partial charge in [-0.25, -0.2) is 4.68 Å². The molecule has 19 heavy (non-hydrogen) atoms. The zero-order chi connectivity index (χ0) is 14.0. The number of alkyl halides is 2. The van der Waals surface area contributed by atoms with Crippen molar-refractivity contribution >= 4 is 38.5 Å². The molecule has 0 N–H and O–H groups in total. The quantitative estimate of drug-likeness (QED) is 0.672. The molecule has 0 bridgehead atoms. The standard InChI is InChI=1S/C11H8BrF2IN2O2/c1-18-10-3-9(8(15)2-7(10)12)17-5-6(4-16-17)19-11(13)14/h2-5,11H,1H3. The molecule has 2 rings (SSSR count). The number of hydrogen-bond acceptors (Lipinski definition) is 3. The maximum Gasteiger partial charge on any atom is 0.387 e. The van der Waals surface area contributed by atoms with Crippen LogP contribution in [0.15, 0.2) is 29.0 Å². The predicted octanol–water partition coefficient (Wildman–Crippen LogP) is 3.85. The SMILES string of the molecule is COc1cc(-n2cc(OC(F)F)cn2)c(I)cc1Br. The normalized spacial score (nSPS) is 10.8. The van der Waals surface area contributed by atoms with Gasteiger partial charge < -0.3 is 9.47 Å². The molecule has 2 aromatic rings. The molecule has 0 fully saturated rings. The highest BCUT2D eigenvalue weighted by Gasteiger charge is 2.12. The minimum Gasteiger partial charge on any atom is -0.495 e. The van der Waals surface area contributed by atoms with E-state index in [4.69, 9.17) is 4.74 Å². The zero-order valence-electron chi connectivity index (χ0n) is 9.61. The van der Waals surface area contributed by atoms with Gasteiger partial charge in [0.1, 0.15) is 5.75 Å². The minimum atomic E-state index is -2.86. The first kappa shape index (κ1) is 14.5. The van der Waals surface area contributed by atoms with Crippen molar-refractivity contribution in [2.24, 2.45) is 0 Å². The summed E-state index contributed by atoms with van der Waals surface area (Å²) in [6, 6.07) is 3.61. The summed E-state index contributed by atoms with van der Waals surface area (Å²) in [6.07, 6.45) is 2.62. The molecule has 102 valence electrons. The van der Waals surface area contributed by atoms with Crippen LogP contribution >= 0.6 is 38.5 Å². The molecule has 0 unspecified atom stereocenters. The first-order valence-electron chi connectivity index (χ1n) is 5.04. The Morgan fingerprint density at radius 1 is 1.42 bits per heavy atom. The molecular formula is C11H8BrF2IN2O2. The monoisotopic (exact) mass is 444 g/mol. The lowest BCUT2D eigenvalue weighted by molar-refractivity contribution is -0.0498. The third kappa shape index (κ3) is 3.35. The first-order chi connectivity index (χ1) is 9.01. The Bertz CT molecular complexity index is 592. The van der Waals surface area contributed by atoms with E-state index in [2.05, 4.69) is 48.4 Å². The predicted molar refractivity (Wildman–Crippen MR) is 77.2 cm³/mol. The lowest BCUT2D eigenvalue weighted by atomic mass is 10.3. The third-order valence-electron chi connectivity index (χ3n) is 2.25. The summed E-state index contributed by atoms with van der Waals surface area (Å²) in [5.41, 5.74) is 0.713. The van der Waals surface area contributed by atoms with Crippen LogP contribution in [0.5, 0.6) is 11.5 Å². The maximum atomic E-state index is 12.1. The summed E-state index contributed by atoms with van der Waals surface area (Å²) in [6.45, 7) is -2.86. The van der Waals surface area contributed by atoms with Crippen molar-refractivity contribution in [1.82, 2.24) is 9.78 Å². The highest BCUT2D eigenvalue weighted by Crippen LogP contribution is 2.31. The highest BCUT2D eigenvalue weighted by molar-refractivity contribution is 14.1. The second kappa shape index (κ2) is 6.04. The number of methoxy groups -OCH3 is 1. The summed E-state index contributed by atoms with van der Waals surface area (Å²) < 4.78 is 36.8. The highest BCUT2D eigenvalue weighted by atomic mass is 127. The van der Waals surface area contributed by atoms with Gasteiger partial charge in [-0.2, -0.15) is 13.9 Å². The van der Waals surface area contributed by atoms with Gasteiger partial charge in [-0.1, -0.05) is 0 Å². The topological polar surface area (TPSA) is 36.3 Å². The van der Waals surface area contributed by atoms with Gasteiger partial charge in [0.2, 0.25) is 0 Å². The Hall–Kier alpha value is -0.900. The molecule has 0 aliphatic heterocycles. The minimum absolute atomic E-state index is 0.00712. The number of aromatic nitrogens is 2. The fraction of sp³-hybridized carbons (Fsp3) is 0.182. The van der Waals surface area contributed by atoms with Crippen molar-refractivity contribution in [2.45, 2.75) is 6.61 Å². The Morgan fingerprint density at radius 2 is 2.16 bits per heavy atom. The number of benzene rings is 1. The number of nitrogens with zero attached hydrogens (tertiary/aromatic N) is 2. The van der Waals surface area contributed by atoms with Crippen LogP contribution in [0.3, 0.4) is 0 Å². The average Bonchev–Trinajstić information content (AvgIpc) is 2.76. The van der Waals surface area contributed by atoms with Crippen LogP contribution in [0.4, 0.5) is 8.78 Å². The fourth-order valence-corrected chi connectivity index (χ4v) is 3.10. The van der Waals surface area contributed by atoms with Gasteiger partial charge in [-0.3, -0.25) is 0 Å². The van der Waals surface area contributed by atoms with Crippen molar-refractivity contribution in [1.29, 1.82) is 0 Å². The molecule has 0 saturated carbocycles. The van der Waals surface area contributed by atoms with E-state index in [1.807, 2.05) is 6.07 Å². The molecule has 0 aliphatic rings. The van der Waals surface area contributed by atoms with E-state index in [9.17, 15) is 8.78 Å². The van der Waals surface area contributed by atoms with Crippen molar-refractivity contribution in [3.63, 3.8) is 0 Å². The Kier molecular flexibility index (Phi) is 4.61. The van der Waals surface area contributed by atoms with Crippen LogP contribution in [0.2, 0.25) is 0 Å². The van der Waals surface area contributed by atoms with E-state index in [1.165, 1.54) is 17.1 Å². The van der Waals surface area contributed by atoms with Gasteiger partial charge in [0.05, 0.1) is 29.7 Å². The van der Waals surface area contributed by atoms with Gasteiger partial charge in [0.15, 0.2) is 5.75 Å². The molecule has 0 spiro atoms. The maximum absolute atomic E-state index is 12.1. The molecule has 8 heteroatoms. The van der Waals surface area contributed by atoms with Crippen LogP contribution in [0, 0.1) is 3.57 Å². The number of halogens is 4. The van der Waals surface area contributed by atoms with Crippen molar-refractivity contribution in [3.8, 4) is 17.2 Å². The average molecular weight is 445 g/mol. The largest absolute Gasteiger partial charge is 0.495 e. The van der Waals surface area contributed by atoms with Crippen molar-refractivity contribution in [2.75, 3.05) is 7.11 Å². The molecule has 1 heterocycles.